The number of aliphatic carboxylic acids is 1. The number of piperidine rings is 1. The highest BCUT2D eigenvalue weighted by Crippen LogP contribution is 2.34. The molecule has 1 N–H and O–H groups in total. The minimum absolute atomic E-state index is 0.224. The maximum absolute atomic E-state index is 11.1. The number of carbonyl (C=O) groups is 1. The fourth-order valence-corrected chi connectivity index (χ4v) is 6.66. The topological polar surface area (TPSA) is 111 Å². The second kappa shape index (κ2) is 11.0. The molecule has 1 aromatic carbocycles. The second-order valence-corrected chi connectivity index (χ2v) is 11.2. The molecule has 0 saturated carbocycles. The highest BCUT2D eigenvalue weighted by molar-refractivity contribution is 6.35. The molecule has 5 rings (SSSR count). The zero-order chi connectivity index (χ0) is 27.0. The molecule has 3 aromatic rings. The number of nitriles is 1. The summed E-state index contributed by atoms with van der Waals surface area (Å²) < 4.78 is 1.72. The van der Waals surface area contributed by atoms with E-state index in [0.29, 0.717) is 45.6 Å². The van der Waals surface area contributed by atoms with Crippen LogP contribution in [0.3, 0.4) is 0 Å². The van der Waals surface area contributed by atoms with Crippen molar-refractivity contribution in [2.75, 3.05) is 24.5 Å². The average molecular weight is 556 g/mol. The van der Waals surface area contributed by atoms with Crippen LogP contribution >= 0.6 is 23.2 Å². The Kier molecular flexibility index (Phi) is 7.75. The van der Waals surface area contributed by atoms with Gasteiger partial charge in [0.1, 0.15) is 17.4 Å². The summed E-state index contributed by atoms with van der Waals surface area (Å²) in [5, 5.41) is 24.4. The van der Waals surface area contributed by atoms with Crippen LogP contribution in [0.15, 0.2) is 24.4 Å². The van der Waals surface area contributed by atoms with Crippen LogP contribution in [0, 0.1) is 17.2 Å². The molecule has 0 aliphatic carbocycles. The van der Waals surface area contributed by atoms with Gasteiger partial charge in [-0.2, -0.15) is 10.4 Å². The molecule has 2 aromatic heterocycles. The third-order valence-electron chi connectivity index (χ3n) is 8.00. The molecule has 200 valence electrons. The van der Waals surface area contributed by atoms with E-state index in [1.807, 2.05) is 13.0 Å². The largest absolute Gasteiger partial charge is 0.481 e. The van der Waals surface area contributed by atoms with Crippen LogP contribution in [0.5, 0.6) is 0 Å². The minimum atomic E-state index is -0.722. The van der Waals surface area contributed by atoms with Gasteiger partial charge in [-0.15, -0.1) is 0 Å². The molecule has 0 bridgehead atoms. The van der Waals surface area contributed by atoms with Crippen LogP contribution in [0.25, 0.3) is 11.2 Å². The smallest absolute Gasteiger partial charge is 0.303 e. The maximum Gasteiger partial charge on any atom is 0.303 e. The molecule has 0 radical (unpaired) electrons. The molecule has 4 atom stereocenters. The number of halogens is 2. The van der Waals surface area contributed by atoms with Gasteiger partial charge in [0, 0.05) is 41.6 Å². The van der Waals surface area contributed by atoms with E-state index in [0.717, 1.165) is 50.3 Å². The number of aromatic nitrogens is 4. The standard InChI is InChI=1S/C27H31Cl2N7O2/c1-16-15-34(11-9-23(16)35-10-3-4-19(35)6-8-25(37)38)24-14-31-26-22(13-30)33-36(27(26)32-24)17(2)20-7-5-18(28)12-21(20)29/h5,7,12,14,16-17,19,23H,3-4,6,8-11,15H2,1-2H3,(H,37,38)/t16-,17-,19+,23?/m1/s1. The van der Waals surface area contributed by atoms with Crippen LogP contribution in [-0.4, -0.2) is 67.4 Å². The number of likely N-dealkylation sites (tertiary alicyclic amines) is 1. The number of anilines is 1. The molecule has 4 heterocycles. The van der Waals surface area contributed by atoms with Gasteiger partial charge in [-0.3, -0.25) is 9.69 Å². The van der Waals surface area contributed by atoms with E-state index >= 15 is 0 Å². The number of rotatable bonds is 7. The third kappa shape index (κ3) is 5.18. The Hall–Kier alpha value is -2.93. The van der Waals surface area contributed by atoms with Crippen molar-refractivity contribution >= 4 is 46.2 Å². The SMILES string of the molecule is C[C@@H]1CN(c2cnc3c(C#N)nn([C@H](C)c4ccc(Cl)cc4Cl)c3n2)CCC1N1CCC[C@H]1CCC(=O)O. The maximum atomic E-state index is 11.1. The van der Waals surface area contributed by atoms with Crippen LogP contribution in [0.4, 0.5) is 5.82 Å². The fourth-order valence-electron chi connectivity index (χ4n) is 6.10. The predicted octanol–water partition coefficient (Wildman–Crippen LogP) is 5.16. The summed E-state index contributed by atoms with van der Waals surface area (Å²) in [6, 6.07) is 7.97. The van der Waals surface area contributed by atoms with Crippen molar-refractivity contribution in [2.24, 2.45) is 5.92 Å². The van der Waals surface area contributed by atoms with Gasteiger partial charge in [-0.05, 0) is 62.8 Å². The number of fused-ring (bicyclic) bond motifs is 1. The molecular formula is C27H31Cl2N7O2. The van der Waals surface area contributed by atoms with E-state index in [1.54, 1.807) is 23.0 Å². The molecular weight excluding hydrogens is 525 g/mol. The molecule has 0 spiro atoms. The lowest BCUT2D eigenvalue weighted by atomic mass is 9.91. The van der Waals surface area contributed by atoms with E-state index in [4.69, 9.17) is 33.3 Å². The van der Waals surface area contributed by atoms with Crippen molar-refractivity contribution in [3.63, 3.8) is 0 Å². The van der Waals surface area contributed by atoms with Crippen molar-refractivity contribution in [3.8, 4) is 6.07 Å². The summed E-state index contributed by atoms with van der Waals surface area (Å²) in [5.41, 5.74) is 2.06. The van der Waals surface area contributed by atoms with Gasteiger partial charge < -0.3 is 10.0 Å². The quantitative estimate of drug-likeness (QED) is 0.425. The molecule has 9 nitrogen and oxygen atoms in total. The van der Waals surface area contributed by atoms with Gasteiger partial charge in [0.2, 0.25) is 0 Å². The number of nitrogens with zero attached hydrogens (tertiary/aromatic N) is 7. The Labute approximate surface area is 232 Å². The molecule has 11 heteroatoms. The number of benzene rings is 1. The lowest BCUT2D eigenvalue weighted by Crippen LogP contribution is -2.52. The van der Waals surface area contributed by atoms with Gasteiger partial charge in [0.25, 0.3) is 0 Å². The fraction of sp³-hybridized carbons (Fsp3) is 0.519. The van der Waals surface area contributed by atoms with Crippen molar-refractivity contribution in [2.45, 2.75) is 64.1 Å². The molecule has 2 fully saturated rings. The summed E-state index contributed by atoms with van der Waals surface area (Å²) in [6.07, 6.45) is 5.84. The highest BCUT2D eigenvalue weighted by atomic mass is 35.5. The molecule has 2 aliphatic heterocycles. The molecule has 0 amide bonds. The first-order chi connectivity index (χ1) is 18.3. The van der Waals surface area contributed by atoms with Gasteiger partial charge in [-0.1, -0.05) is 36.2 Å². The Bertz CT molecular complexity index is 1390. The summed E-state index contributed by atoms with van der Waals surface area (Å²) in [6.45, 7) is 6.91. The summed E-state index contributed by atoms with van der Waals surface area (Å²) in [5.74, 6) is 0.421. The first-order valence-corrected chi connectivity index (χ1v) is 13.8. The molecule has 1 unspecified atom stereocenters. The Morgan fingerprint density at radius 1 is 1.29 bits per heavy atom. The minimum Gasteiger partial charge on any atom is -0.481 e. The van der Waals surface area contributed by atoms with Gasteiger partial charge >= 0.3 is 5.97 Å². The van der Waals surface area contributed by atoms with E-state index in [1.165, 1.54) is 0 Å². The normalized spacial score (nSPS) is 23.0. The first-order valence-electron chi connectivity index (χ1n) is 13.1. The van der Waals surface area contributed by atoms with Crippen molar-refractivity contribution in [3.05, 3.63) is 45.7 Å². The third-order valence-corrected chi connectivity index (χ3v) is 8.56. The van der Waals surface area contributed by atoms with E-state index in [2.05, 4.69) is 32.9 Å². The van der Waals surface area contributed by atoms with Crippen molar-refractivity contribution in [1.29, 1.82) is 5.26 Å². The second-order valence-electron chi connectivity index (χ2n) is 10.4. The summed E-state index contributed by atoms with van der Waals surface area (Å²) >= 11 is 12.6. The number of hydrogen-bond acceptors (Lipinski definition) is 7. The molecule has 2 aliphatic rings. The monoisotopic (exact) mass is 555 g/mol. The van der Waals surface area contributed by atoms with E-state index in [-0.39, 0.29) is 18.2 Å². The Morgan fingerprint density at radius 2 is 2.11 bits per heavy atom. The van der Waals surface area contributed by atoms with Crippen molar-refractivity contribution in [1.82, 2.24) is 24.6 Å². The van der Waals surface area contributed by atoms with Gasteiger partial charge in [0.05, 0.1) is 12.2 Å². The number of hydrogen-bond donors (Lipinski definition) is 1. The van der Waals surface area contributed by atoms with Crippen LogP contribution in [0.2, 0.25) is 10.0 Å². The lowest BCUT2D eigenvalue weighted by molar-refractivity contribution is -0.137. The van der Waals surface area contributed by atoms with Crippen LogP contribution < -0.4 is 4.90 Å². The van der Waals surface area contributed by atoms with Crippen LogP contribution in [-0.2, 0) is 4.79 Å². The van der Waals surface area contributed by atoms with Crippen molar-refractivity contribution < 1.29 is 9.90 Å². The predicted molar refractivity (Wildman–Crippen MR) is 147 cm³/mol. The molecule has 2 saturated heterocycles. The van der Waals surface area contributed by atoms with Gasteiger partial charge in [-0.25, -0.2) is 14.6 Å². The number of carboxylic acid groups (broad SMARTS) is 1. The van der Waals surface area contributed by atoms with Gasteiger partial charge in [0.15, 0.2) is 11.3 Å². The zero-order valence-electron chi connectivity index (χ0n) is 21.5. The number of carboxylic acids is 1. The molecule has 38 heavy (non-hydrogen) atoms. The Morgan fingerprint density at radius 3 is 2.82 bits per heavy atom. The summed E-state index contributed by atoms with van der Waals surface area (Å²) in [4.78, 5) is 25.5. The van der Waals surface area contributed by atoms with E-state index in [9.17, 15) is 10.1 Å². The van der Waals surface area contributed by atoms with E-state index < -0.39 is 5.97 Å². The lowest BCUT2D eigenvalue weighted by Gasteiger charge is -2.43. The summed E-state index contributed by atoms with van der Waals surface area (Å²) in [7, 11) is 0. The zero-order valence-corrected chi connectivity index (χ0v) is 23.0. The Balaban J connectivity index is 1.38. The van der Waals surface area contributed by atoms with Crippen LogP contribution in [0.1, 0.15) is 63.3 Å². The average Bonchev–Trinajstić information content (AvgIpc) is 3.51. The first kappa shape index (κ1) is 26.7. The highest BCUT2D eigenvalue weighted by Gasteiger charge is 2.37.